The van der Waals surface area contributed by atoms with Crippen molar-refractivity contribution in [1.29, 1.82) is 0 Å². The monoisotopic (exact) mass is 187 g/mol. The smallest absolute Gasteiger partial charge is 0.439 e. The van der Waals surface area contributed by atoms with Gasteiger partial charge in [-0.15, -0.1) is 0 Å². The quantitative estimate of drug-likeness (QED) is 0.397. The Kier molecular flexibility index (Phi) is 2.49. The number of carbonyl (C=O) groups is 1. The predicted molar refractivity (Wildman–Crippen MR) is 41.8 cm³/mol. The van der Waals surface area contributed by atoms with Crippen LogP contribution in [0.25, 0.3) is 0 Å². The van der Waals surface area contributed by atoms with Crippen molar-refractivity contribution in [3.8, 4) is 0 Å². The minimum Gasteiger partial charge on any atom is -0.439 e. The first-order chi connectivity index (χ1) is 5.65. The largest absolute Gasteiger partial charge is 0.511 e. The summed E-state index contributed by atoms with van der Waals surface area (Å²) in [7, 11) is 0. The predicted octanol–water partition coefficient (Wildman–Crippen LogP) is 1.42. The highest BCUT2D eigenvalue weighted by atomic mass is 32.2. The molecule has 0 aromatic carbocycles. The molecule has 0 saturated carbocycles. The molecular weight excluding hydrogens is 182 g/mol. The van der Waals surface area contributed by atoms with Crippen molar-refractivity contribution in [2.75, 3.05) is 6.26 Å². The normalized spacial score (nSPS) is 9.75. The van der Waals surface area contributed by atoms with E-state index in [0.29, 0.717) is 5.09 Å². The van der Waals surface area contributed by atoms with Crippen molar-refractivity contribution in [3.05, 3.63) is 28.0 Å². The third-order valence-electron chi connectivity index (χ3n) is 1.16. The molecule has 5 nitrogen and oxygen atoms in total. The summed E-state index contributed by atoms with van der Waals surface area (Å²) in [6.45, 7) is 0. The van der Waals surface area contributed by atoms with Gasteiger partial charge in [0.25, 0.3) is 0 Å². The Morgan fingerprint density at radius 2 is 2.33 bits per heavy atom. The SMILES string of the molecule is CSc1ccc(C(=O)[N+](=O)[O-])o1. The fraction of sp³-hybridized carbons (Fsp3) is 0.167. The van der Waals surface area contributed by atoms with Gasteiger partial charge in [0.05, 0.1) is 0 Å². The molecule has 1 aromatic heterocycles. The van der Waals surface area contributed by atoms with Crippen LogP contribution >= 0.6 is 11.8 Å². The second kappa shape index (κ2) is 3.40. The zero-order valence-corrected chi connectivity index (χ0v) is 6.96. The standard InChI is InChI=1S/C6H5NO4S/c1-12-5-3-2-4(11-5)6(8)7(9)10/h2-3H,1H3. The van der Waals surface area contributed by atoms with Crippen LogP contribution in [0, 0.1) is 10.1 Å². The summed E-state index contributed by atoms with van der Waals surface area (Å²) in [4.78, 5) is 19.6. The van der Waals surface area contributed by atoms with E-state index in [0.717, 1.165) is 0 Å². The summed E-state index contributed by atoms with van der Waals surface area (Å²) in [5, 5.41) is 10.5. The van der Waals surface area contributed by atoms with Crippen molar-refractivity contribution >= 4 is 17.7 Å². The van der Waals surface area contributed by atoms with Crippen molar-refractivity contribution < 1.29 is 14.1 Å². The van der Waals surface area contributed by atoms with Crippen LogP contribution in [0.2, 0.25) is 0 Å². The Balaban J connectivity index is 2.89. The molecule has 12 heavy (non-hydrogen) atoms. The lowest BCUT2D eigenvalue weighted by atomic mass is 10.4. The zero-order valence-electron chi connectivity index (χ0n) is 6.14. The fourth-order valence-electron chi connectivity index (χ4n) is 0.635. The molecule has 0 radical (unpaired) electrons. The van der Waals surface area contributed by atoms with E-state index in [4.69, 9.17) is 4.42 Å². The van der Waals surface area contributed by atoms with Crippen LogP contribution in [-0.4, -0.2) is 17.1 Å². The molecule has 1 amide bonds. The number of hydrogen-bond donors (Lipinski definition) is 0. The topological polar surface area (TPSA) is 73.3 Å². The second-order valence-corrected chi connectivity index (χ2v) is 2.70. The number of nitro groups is 1. The molecule has 0 saturated heterocycles. The van der Waals surface area contributed by atoms with E-state index >= 15 is 0 Å². The molecule has 6 heteroatoms. The molecule has 1 heterocycles. The van der Waals surface area contributed by atoms with Crippen molar-refractivity contribution in [2.45, 2.75) is 5.09 Å². The number of furan rings is 1. The van der Waals surface area contributed by atoms with Crippen LogP contribution in [0.5, 0.6) is 0 Å². The maximum atomic E-state index is 10.7. The Bertz CT molecular complexity index is 319. The summed E-state index contributed by atoms with van der Waals surface area (Å²) in [5.41, 5.74) is 0. The van der Waals surface area contributed by atoms with E-state index < -0.39 is 10.8 Å². The molecule has 0 unspecified atom stereocenters. The van der Waals surface area contributed by atoms with Gasteiger partial charge in [0.1, 0.15) is 4.92 Å². The van der Waals surface area contributed by atoms with Crippen LogP contribution in [0.4, 0.5) is 0 Å². The molecule has 0 aliphatic heterocycles. The van der Waals surface area contributed by atoms with Crippen LogP contribution in [0.15, 0.2) is 21.6 Å². The minimum atomic E-state index is -1.21. The molecule has 0 fully saturated rings. The summed E-state index contributed by atoms with van der Waals surface area (Å²) in [5.74, 6) is -1.44. The first-order valence-electron chi connectivity index (χ1n) is 2.97. The number of thioether (sulfide) groups is 1. The molecule has 0 N–H and O–H groups in total. The van der Waals surface area contributed by atoms with Crippen LogP contribution in [0.3, 0.4) is 0 Å². The Morgan fingerprint density at radius 3 is 2.75 bits per heavy atom. The summed E-state index contributed by atoms with van der Waals surface area (Å²) in [6, 6.07) is 2.80. The van der Waals surface area contributed by atoms with E-state index in [1.165, 1.54) is 23.9 Å². The van der Waals surface area contributed by atoms with Gasteiger partial charge in [-0.1, -0.05) is 11.8 Å². The highest BCUT2D eigenvalue weighted by Gasteiger charge is 2.22. The van der Waals surface area contributed by atoms with Crippen molar-refractivity contribution in [1.82, 2.24) is 0 Å². The average Bonchev–Trinajstić information content (AvgIpc) is 2.50. The van der Waals surface area contributed by atoms with Gasteiger partial charge in [0.15, 0.2) is 5.09 Å². The van der Waals surface area contributed by atoms with E-state index in [1.807, 2.05) is 0 Å². The number of rotatable bonds is 2. The summed E-state index contributed by atoms with van der Waals surface area (Å²) >= 11 is 1.28. The minimum absolute atomic E-state index is 0.232. The number of carbonyl (C=O) groups excluding carboxylic acids is 1. The molecule has 0 bridgehead atoms. The fourth-order valence-corrected chi connectivity index (χ4v) is 1.01. The highest BCUT2D eigenvalue weighted by Crippen LogP contribution is 2.18. The first-order valence-corrected chi connectivity index (χ1v) is 4.20. The maximum absolute atomic E-state index is 10.7. The van der Waals surface area contributed by atoms with Crippen molar-refractivity contribution in [2.24, 2.45) is 0 Å². The summed E-state index contributed by atoms with van der Waals surface area (Å²) in [6.07, 6.45) is 1.75. The van der Waals surface area contributed by atoms with E-state index in [1.54, 1.807) is 6.26 Å². The number of hydrogen-bond acceptors (Lipinski definition) is 5. The third kappa shape index (κ3) is 1.65. The molecule has 0 aliphatic rings. The van der Waals surface area contributed by atoms with Gasteiger partial charge < -0.3 is 4.42 Å². The molecule has 64 valence electrons. The van der Waals surface area contributed by atoms with Crippen LogP contribution in [0.1, 0.15) is 10.6 Å². The Hall–Kier alpha value is -1.30. The van der Waals surface area contributed by atoms with Gasteiger partial charge >= 0.3 is 5.91 Å². The summed E-state index contributed by atoms with van der Waals surface area (Å²) < 4.78 is 4.83. The van der Waals surface area contributed by atoms with Crippen LogP contribution in [-0.2, 0) is 0 Å². The van der Waals surface area contributed by atoms with Gasteiger partial charge in [-0.3, -0.25) is 10.1 Å². The molecule has 0 spiro atoms. The van der Waals surface area contributed by atoms with Gasteiger partial charge in [0, 0.05) is 0 Å². The van der Waals surface area contributed by atoms with Gasteiger partial charge in [-0.05, 0) is 18.4 Å². The first kappa shape index (κ1) is 8.79. The molecule has 0 atom stereocenters. The highest BCUT2D eigenvalue weighted by molar-refractivity contribution is 7.98. The van der Waals surface area contributed by atoms with Gasteiger partial charge in [0.2, 0.25) is 5.76 Å². The maximum Gasteiger partial charge on any atom is 0.511 e. The van der Waals surface area contributed by atoms with Gasteiger partial charge in [-0.25, -0.2) is 4.79 Å². The number of nitrogens with zero attached hydrogens (tertiary/aromatic N) is 1. The Morgan fingerprint density at radius 1 is 1.67 bits per heavy atom. The second-order valence-electron chi connectivity index (χ2n) is 1.89. The molecular formula is C6H5NO4S. The Labute approximate surface area is 71.9 Å². The lowest BCUT2D eigenvalue weighted by Gasteiger charge is -1.85. The van der Waals surface area contributed by atoms with E-state index in [9.17, 15) is 14.9 Å². The number of amides is 1. The van der Waals surface area contributed by atoms with Crippen LogP contribution < -0.4 is 0 Å². The average molecular weight is 187 g/mol. The van der Waals surface area contributed by atoms with Gasteiger partial charge in [-0.2, -0.15) is 0 Å². The molecule has 0 aliphatic carbocycles. The van der Waals surface area contributed by atoms with E-state index in [2.05, 4.69) is 0 Å². The van der Waals surface area contributed by atoms with E-state index in [-0.39, 0.29) is 5.76 Å². The van der Waals surface area contributed by atoms with Crippen molar-refractivity contribution in [3.63, 3.8) is 0 Å². The third-order valence-corrected chi connectivity index (χ3v) is 1.78. The lowest BCUT2D eigenvalue weighted by molar-refractivity contribution is -0.376. The molecule has 1 aromatic rings. The lowest BCUT2D eigenvalue weighted by Crippen LogP contribution is -2.09. The molecule has 1 rings (SSSR count). The zero-order chi connectivity index (χ0) is 9.14.